The van der Waals surface area contributed by atoms with Gasteiger partial charge in [-0.2, -0.15) is 0 Å². The van der Waals surface area contributed by atoms with Gasteiger partial charge in [-0.3, -0.25) is 4.79 Å². The predicted molar refractivity (Wildman–Crippen MR) is 72.0 cm³/mol. The lowest BCUT2D eigenvalue weighted by Gasteiger charge is -2.44. The first kappa shape index (κ1) is 14.2. The van der Waals surface area contributed by atoms with Gasteiger partial charge in [-0.1, -0.05) is 6.92 Å². The lowest BCUT2D eigenvalue weighted by Crippen LogP contribution is -2.58. The molecule has 1 saturated carbocycles. The van der Waals surface area contributed by atoms with E-state index in [0.29, 0.717) is 25.9 Å². The highest BCUT2D eigenvalue weighted by Gasteiger charge is 2.43. The van der Waals surface area contributed by atoms with E-state index in [9.17, 15) is 14.7 Å². The third kappa shape index (κ3) is 2.69. The Morgan fingerprint density at radius 3 is 2.42 bits per heavy atom. The summed E-state index contributed by atoms with van der Waals surface area (Å²) in [6.45, 7) is 4.95. The Hall–Kier alpha value is -1.26. The highest BCUT2D eigenvalue weighted by molar-refractivity contribution is 5.79. The molecule has 5 heteroatoms. The van der Waals surface area contributed by atoms with Crippen molar-refractivity contribution in [1.82, 2.24) is 10.2 Å². The highest BCUT2D eigenvalue weighted by Crippen LogP contribution is 2.35. The molecule has 1 atom stereocenters. The number of hydrogen-bond acceptors (Lipinski definition) is 2. The van der Waals surface area contributed by atoms with E-state index in [-0.39, 0.29) is 11.6 Å². The summed E-state index contributed by atoms with van der Waals surface area (Å²) in [6, 6.07) is -0.0963. The summed E-state index contributed by atoms with van der Waals surface area (Å²) in [4.78, 5) is 25.4. The lowest BCUT2D eigenvalue weighted by atomic mass is 9.77. The van der Waals surface area contributed by atoms with E-state index < -0.39 is 11.4 Å². The fourth-order valence-electron chi connectivity index (χ4n) is 3.09. The van der Waals surface area contributed by atoms with Gasteiger partial charge in [-0.05, 0) is 45.4 Å². The standard InChI is InChI=1S/C14H24N2O3/c1-3-14(11(17)18)8-5-9-16(10-14)12(19)15-13(2)6-4-7-13/h3-10H2,1-2H3,(H,15,19)(H,17,18). The summed E-state index contributed by atoms with van der Waals surface area (Å²) >= 11 is 0. The van der Waals surface area contributed by atoms with Gasteiger partial charge < -0.3 is 15.3 Å². The van der Waals surface area contributed by atoms with Crippen LogP contribution in [0.2, 0.25) is 0 Å². The molecule has 0 aromatic carbocycles. The third-order valence-electron chi connectivity index (χ3n) is 4.86. The van der Waals surface area contributed by atoms with E-state index in [2.05, 4.69) is 12.2 Å². The zero-order valence-corrected chi connectivity index (χ0v) is 11.9. The maximum Gasteiger partial charge on any atom is 0.317 e. The van der Waals surface area contributed by atoms with E-state index in [0.717, 1.165) is 25.7 Å². The number of urea groups is 1. The number of rotatable bonds is 3. The average Bonchev–Trinajstić information content (AvgIpc) is 2.36. The van der Waals surface area contributed by atoms with Crippen LogP contribution >= 0.6 is 0 Å². The van der Waals surface area contributed by atoms with E-state index in [1.807, 2.05) is 6.92 Å². The minimum atomic E-state index is -0.776. The molecule has 2 rings (SSSR count). The molecule has 1 aliphatic carbocycles. The van der Waals surface area contributed by atoms with E-state index in [1.165, 1.54) is 0 Å². The number of hydrogen-bond donors (Lipinski definition) is 2. The Labute approximate surface area is 114 Å². The zero-order chi connectivity index (χ0) is 14.1. The number of carbonyl (C=O) groups is 2. The van der Waals surface area contributed by atoms with Gasteiger partial charge in [0, 0.05) is 18.6 Å². The third-order valence-corrected chi connectivity index (χ3v) is 4.86. The van der Waals surface area contributed by atoms with Crippen molar-refractivity contribution in [2.75, 3.05) is 13.1 Å². The van der Waals surface area contributed by atoms with Crippen molar-refractivity contribution in [3.8, 4) is 0 Å². The molecule has 0 spiro atoms. The van der Waals surface area contributed by atoms with Crippen molar-refractivity contribution < 1.29 is 14.7 Å². The van der Waals surface area contributed by atoms with Gasteiger partial charge in [0.15, 0.2) is 0 Å². The quantitative estimate of drug-likeness (QED) is 0.824. The van der Waals surface area contributed by atoms with Crippen molar-refractivity contribution in [2.24, 2.45) is 5.41 Å². The Bertz CT molecular complexity index is 379. The normalized spacial score (nSPS) is 29.5. The Kier molecular flexibility index (Phi) is 3.74. The molecule has 1 heterocycles. The van der Waals surface area contributed by atoms with Gasteiger partial charge in [0.05, 0.1) is 5.41 Å². The summed E-state index contributed by atoms with van der Waals surface area (Å²) in [6.07, 6.45) is 5.20. The van der Waals surface area contributed by atoms with Crippen molar-refractivity contribution >= 4 is 12.0 Å². The number of likely N-dealkylation sites (tertiary alicyclic amines) is 1. The second kappa shape index (κ2) is 5.02. The van der Waals surface area contributed by atoms with Crippen molar-refractivity contribution in [3.63, 3.8) is 0 Å². The summed E-state index contributed by atoms with van der Waals surface area (Å²) in [5.41, 5.74) is -0.831. The minimum absolute atomic E-state index is 0.0768. The lowest BCUT2D eigenvalue weighted by molar-refractivity contribution is -0.152. The highest BCUT2D eigenvalue weighted by atomic mass is 16.4. The molecule has 108 valence electrons. The molecule has 2 fully saturated rings. The molecule has 2 aliphatic rings. The first-order valence-electron chi connectivity index (χ1n) is 7.21. The fourth-order valence-corrected chi connectivity index (χ4v) is 3.09. The molecule has 19 heavy (non-hydrogen) atoms. The Balaban J connectivity index is 2.00. The first-order valence-corrected chi connectivity index (χ1v) is 7.21. The molecular formula is C14H24N2O3. The van der Waals surface area contributed by atoms with Gasteiger partial charge in [0.25, 0.3) is 0 Å². The molecule has 2 amide bonds. The molecule has 1 saturated heterocycles. The van der Waals surface area contributed by atoms with Crippen LogP contribution in [0, 0.1) is 5.41 Å². The molecule has 2 N–H and O–H groups in total. The topological polar surface area (TPSA) is 69.6 Å². The van der Waals surface area contributed by atoms with Crippen LogP contribution in [0.1, 0.15) is 52.4 Å². The van der Waals surface area contributed by atoms with E-state index >= 15 is 0 Å². The average molecular weight is 268 g/mol. The molecule has 0 aromatic heterocycles. The molecule has 0 bridgehead atoms. The summed E-state index contributed by atoms with van der Waals surface area (Å²) in [7, 11) is 0. The molecule has 1 aliphatic heterocycles. The van der Waals surface area contributed by atoms with E-state index in [4.69, 9.17) is 0 Å². The monoisotopic (exact) mass is 268 g/mol. The van der Waals surface area contributed by atoms with Crippen LogP contribution in [0.15, 0.2) is 0 Å². The minimum Gasteiger partial charge on any atom is -0.481 e. The smallest absolute Gasteiger partial charge is 0.317 e. The SMILES string of the molecule is CCC1(C(=O)O)CCCN(C(=O)NC2(C)CCC2)C1. The molecule has 5 nitrogen and oxygen atoms in total. The van der Waals surface area contributed by atoms with Gasteiger partial charge in [-0.25, -0.2) is 4.79 Å². The largest absolute Gasteiger partial charge is 0.481 e. The molecule has 0 aromatic rings. The van der Waals surface area contributed by atoms with Crippen molar-refractivity contribution in [1.29, 1.82) is 0 Å². The van der Waals surface area contributed by atoms with Crippen LogP contribution < -0.4 is 5.32 Å². The van der Waals surface area contributed by atoms with Gasteiger partial charge in [-0.15, -0.1) is 0 Å². The Morgan fingerprint density at radius 2 is 1.95 bits per heavy atom. The number of carboxylic acids is 1. The van der Waals surface area contributed by atoms with Crippen LogP contribution in [-0.4, -0.2) is 40.6 Å². The van der Waals surface area contributed by atoms with Gasteiger partial charge in [0.1, 0.15) is 0 Å². The molecular weight excluding hydrogens is 244 g/mol. The maximum atomic E-state index is 12.3. The fraction of sp³-hybridized carbons (Fsp3) is 0.857. The number of carboxylic acid groups (broad SMARTS) is 1. The summed E-state index contributed by atoms with van der Waals surface area (Å²) in [5.74, 6) is -0.776. The Morgan fingerprint density at radius 1 is 1.26 bits per heavy atom. The first-order chi connectivity index (χ1) is 8.91. The number of nitrogens with zero attached hydrogens (tertiary/aromatic N) is 1. The number of carbonyl (C=O) groups excluding carboxylic acids is 1. The number of aliphatic carboxylic acids is 1. The van der Waals surface area contributed by atoms with Crippen molar-refractivity contribution in [3.05, 3.63) is 0 Å². The van der Waals surface area contributed by atoms with Crippen LogP contribution in [0.3, 0.4) is 0 Å². The second-order valence-corrected chi connectivity index (χ2v) is 6.31. The van der Waals surface area contributed by atoms with Gasteiger partial charge >= 0.3 is 12.0 Å². The van der Waals surface area contributed by atoms with Crippen LogP contribution in [-0.2, 0) is 4.79 Å². The van der Waals surface area contributed by atoms with E-state index in [1.54, 1.807) is 4.90 Å². The van der Waals surface area contributed by atoms with Crippen LogP contribution in [0.5, 0.6) is 0 Å². The number of amides is 2. The maximum absolute atomic E-state index is 12.3. The van der Waals surface area contributed by atoms with Crippen LogP contribution in [0.4, 0.5) is 4.79 Å². The zero-order valence-electron chi connectivity index (χ0n) is 11.9. The van der Waals surface area contributed by atoms with Crippen molar-refractivity contribution in [2.45, 2.75) is 57.9 Å². The summed E-state index contributed by atoms with van der Waals surface area (Å²) in [5, 5.41) is 12.5. The second-order valence-electron chi connectivity index (χ2n) is 6.31. The molecule has 1 unspecified atom stereocenters. The number of nitrogens with one attached hydrogen (secondary N) is 1. The van der Waals surface area contributed by atoms with Gasteiger partial charge in [0.2, 0.25) is 0 Å². The molecule has 0 radical (unpaired) electrons. The summed E-state index contributed by atoms with van der Waals surface area (Å²) < 4.78 is 0. The number of piperidine rings is 1. The predicted octanol–water partition coefficient (Wildman–Crippen LogP) is 2.22. The van der Waals surface area contributed by atoms with Crippen LogP contribution in [0.25, 0.3) is 0 Å².